The van der Waals surface area contributed by atoms with E-state index in [1.807, 2.05) is 54.8 Å². The van der Waals surface area contributed by atoms with Crippen LogP contribution in [0.2, 0.25) is 0 Å². The summed E-state index contributed by atoms with van der Waals surface area (Å²) in [6.45, 7) is 9.11. The van der Waals surface area contributed by atoms with Gasteiger partial charge >= 0.3 is 0 Å². The highest BCUT2D eigenvalue weighted by molar-refractivity contribution is 7.10. The molecule has 0 bridgehead atoms. The lowest BCUT2D eigenvalue weighted by atomic mass is 10.0. The Morgan fingerprint density at radius 1 is 1.09 bits per heavy atom. The van der Waals surface area contributed by atoms with Crippen LogP contribution in [0.4, 0.5) is 0 Å². The molecule has 1 aromatic heterocycles. The van der Waals surface area contributed by atoms with Crippen molar-refractivity contribution < 1.29 is 19.0 Å². The first-order chi connectivity index (χ1) is 16.1. The number of carbonyl (C=O) groups excluding carboxylic acids is 1. The molecule has 7 heteroatoms. The molecule has 2 heterocycles. The number of benzene rings is 2. The molecule has 0 spiro atoms. The van der Waals surface area contributed by atoms with E-state index in [0.717, 1.165) is 58.5 Å². The molecule has 174 valence electrons. The van der Waals surface area contributed by atoms with Crippen LogP contribution in [0.5, 0.6) is 17.2 Å². The zero-order valence-electron chi connectivity index (χ0n) is 19.3. The summed E-state index contributed by atoms with van der Waals surface area (Å²) in [5, 5.41) is 5.02. The fraction of sp³-hybridized carbons (Fsp3) is 0.346. The fourth-order valence-electron chi connectivity index (χ4n) is 3.82. The molecule has 0 fully saturated rings. The predicted molar refractivity (Wildman–Crippen MR) is 131 cm³/mol. The Morgan fingerprint density at radius 2 is 1.85 bits per heavy atom. The molecule has 0 saturated heterocycles. The van der Waals surface area contributed by atoms with E-state index in [-0.39, 0.29) is 25.3 Å². The van der Waals surface area contributed by atoms with Crippen LogP contribution in [0.25, 0.3) is 11.1 Å². The second-order valence-electron chi connectivity index (χ2n) is 7.95. The molecule has 0 radical (unpaired) electrons. The third kappa shape index (κ3) is 5.67. The van der Waals surface area contributed by atoms with Crippen molar-refractivity contribution in [2.24, 2.45) is 0 Å². The highest BCUT2D eigenvalue weighted by atomic mass is 32.1. The molecule has 1 amide bonds. The van der Waals surface area contributed by atoms with Crippen LogP contribution in [0, 0.1) is 0 Å². The third-order valence-corrected chi connectivity index (χ3v) is 6.82. The molecular formula is C26H30N2O4S. The second-order valence-corrected chi connectivity index (χ2v) is 8.92. The van der Waals surface area contributed by atoms with E-state index >= 15 is 0 Å². The van der Waals surface area contributed by atoms with E-state index in [1.165, 1.54) is 0 Å². The summed E-state index contributed by atoms with van der Waals surface area (Å²) in [4.78, 5) is 15.9. The molecule has 0 aliphatic carbocycles. The lowest BCUT2D eigenvalue weighted by molar-refractivity contribution is -0.123. The van der Waals surface area contributed by atoms with E-state index in [4.69, 9.17) is 14.2 Å². The number of nitrogens with one attached hydrogen (secondary N) is 1. The van der Waals surface area contributed by atoms with Crippen molar-refractivity contribution in [1.82, 2.24) is 10.2 Å². The number of ether oxygens (including phenoxy) is 3. The number of thiophene rings is 1. The van der Waals surface area contributed by atoms with Crippen LogP contribution in [0.1, 0.15) is 37.3 Å². The number of fused-ring (bicyclic) bond motifs is 1. The summed E-state index contributed by atoms with van der Waals surface area (Å²) in [6, 6.07) is 16.0. The van der Waals surface area contributed by atoms with E-state index in [9.17, 15) is 4.79 Å². The minimum atomic E-state index is -0.135. The normalized spacial score (nSPS) is 13.2. The van der Waals surface area contributed by atoms with Gasteiger partial charge in [0.05, 0.1) is 6.04 Å². The SMILES string of the molecule is CCN(CC)Cc1cc(-c2ccc3c(c2)OCO3)ccc1OCC(=O)N[C@H](C)c1cccs1. The molecule has 1 atom stereocenters. The minimum absolute atomic E-state index is 0.0235. The number of hydrogen-bond donors (Lipinski definition) is 1. The maximum absolute atomic E-state index is 12.5. The number of carbonyl (C=O) groups is 1. The summed E-state index contributed by atoms with van der Waals surface area (Å²) < 4.78 is 17.0. The van der Waals surface area contributed by atoms with Gasteiger partial charge in [0.2, 0.25) is 6.79 Å². The maximum atomic E-state index is 12.5. The standard InChI is InChI=1S/C26H30N2O4S/c1-4-28(5-2)15-21-13-19(20-9-11-23-24(14-20)32-17-31-23)8-10-22(21)30-16-26(29)27-18(3)25-7-6-12-33-25/h6-14,18H,4-5,15-17H2,1-3H3,(H,27,29)/t18-/m1/s1. The molecule has 0 unspecified atom stereocenters. The Bertz CT molecular complexity index is 1080. The highest BCUT2D eigenvalue weighted by Crippen LogP contribution is 2.37. The predicted octanol–water partition coefficient (Wildman–Crippen LogP) is 5.24. The zero-order valence-corrected chi connectivity index (χ0v) is 20.1. The van der Waals surface area contributed by atoms with Gasteiger partial charge in [-0.25, -0.2) is 0 Å². The lowest BCUT2D eigenvalue weighted by Gasteiger charge is -2.21. The van der Waals surface area contributed by atoms with Gasteiger partial charge in [-0.15, -0.1) is 11.3 Å². The van der Waals surface area contributed by atoms with Gasteiger partial charge in [-0.05, 0) is 66.9 Å². The Hall–Kier alpha value is -3.03. The van der Waals surface area contributed by atoms with Crippen LogP contribution >= 0.6 is 11.3 Å². The van der Waals surface area contributed by atoms with Gasteiger partial charge in [-0.2, -0.15) is 0 Å². The molecular weight excluding hydrogens is 436 g/mol. The van der Waals surface area contributed by atoms with Crippen LogP contribution in [0.3, 0.4) is 0 Å². The summed E-state index contributed by atoms with van der Waals surface area (Å²) in [7, 11) is 0. The molecule has 3 aromatic rings. The van der Waals surface area contributed by atoms with E-state index in [2.05, 4.69) is 30.1 Å². The number of amides is 1. The van der Waals surface area contributed by atoms with Gasteiger partial charge in [0.1, 0.15) is 5.75 Å². The van der Waals surface area contributed by atoms with Gasteiger partial charge in [0.15, 0.2) is 18.1 Å². The smallest absolute Gasteiger partial charge is 0.258 e. The van der Waals surface area contributed by atoms with Crippen molar-refractivity contribution in [3.8, 4) is 28.4 Å². The number of hydrogen-bond acceptors (Lipinski definition) is 6. The van der Waals surface area contributed by atoms with E-state index in [0.29, 0.717) is 0 Å². The van der Waals surface area contributed by atoms with E-state index < -0.39 is 0 Å². The summed E-state index contributed by atoms with van der Waals surface area (Å²) in [6.07, 6.45) is 0. The molecule has 1 aliphatic rings. The molecule has 2 aromatic carbocycles. The first kappa shape index (κ1) is 23.1. The van der Waals surface area contributed by atoms with Crippen LogP contribution in [0.15, 0.2) is 53.9 Å². The van der Waals surface area contributed by atoms with Crippen molar-refractivity contribution >= 4 is 17.2 Å². The Labute approximate surface area is 199 Å². The van der Waals surface area contributed by atoms with Crippen molar-refractivity contribution in [2.75, 3.05) is 26.5 Å². The number of rotatable bonds is 10. The Morgan fingerprint density at radius 3 is 2.61 bits per heavy atom. The molecule has 33 heavy (non-hydrogen) atoms. The van der Waals surface area contributed by atoms with Crippen LogP contribution < -0.4 is 19.5 Å². The third-order valence-electron chi connectivity index (χ3n) is 5.76. The summed E-state index contributed by atoms with van der Waals surface area (Å²) in [5.41, 5.74) is 3.17. The zero-order chi connectivity index (χ0) is 23.2. The van der Waals surface area contributed by atoms with Crippen molar-refractivity contribution in [2.45, 2.75) is 33.4 Å². The molecule has 1 aliphatic heterocycles. The second kappa shape index (κ2) is 10.7. The van der Waals surface area contributed by atoms with Crippen molar-refractivity contribution in [1.29, 1.82) is 0 Å². The van der Waals surface area contributed by atoms with Crippen molar-refractivity contribution in [3.05, 3.63) is 64.4 Å². The fourth-order valence-corrected chi connectivity index (χ4v) is 4.56. The monoisotopic (exact) mass is 466 g/mol. The molecule has 4 rings (SSSR count). The summed E-state index contributed by atoms with van der Waals surface area (Å²) in [5.74, 6) is 2.12. The van der Waals surface area contributed by atoms with Gasteiger partial charge in [0, 0.05) is 17.0 Å². The Balaban J connectivity index is 1.50. The van der Waals surface area contributed by atoms with Crippen LogP contribution in [-0.4, -0.2) is 37.3 Å². The molecule has 1 N–H and O–H groups in total. The molecule has 6 nitrogen and oxygen atoms in total. The van der Waals surface area contributed by atoms with Gasteiger partial charge in [-0.1, -0.05) is 32.0 Å². The minimum Gasteiger partial charge on any atom is -0.483 e. The average Bonchev–Trinajstić information content (AvgIpc) is 3.53. The highest BCUT2D eigenvalue weighted by Gasteiger charge is 2.17. The van der Waals surface area contributed by atoms with Crippen LogP contribution in [-0.2, 0) is 11.3 Å². The largest absolute Gasteiger partial charge is 0.483 e. The average molecular weight is 467 g/mol. The first-order valence-corrected chi connectivity index (χ1v) is 12.2. The van der Waals surface area contributed by atoms with Gasteiger partial charge in [0.25, 0.3) is 5.91 Å². The van der Waals surface area contributed by atoms with Crippen molar-refractivity contribution in [3.63, 3.8) is 0 Å². The number of nitrogens with zero attached hydrogens (tertiary/aromatic N) is 1. The maximum Gasteiger partial charge on any atom is 0.258 e. The van der Waals surface area contributed by atoms with Gasteiger partial charge in [-0.3, -0.25) is 9.69 Å². The topological polar surface area (TPSA) is 60.0 Å². The van der Waals surface area contributed by atoms with Gasteiger partial charge < -0.3 is 19.5 Å². The summed E-state index contributed by atoms with van der Waals surface area (Å²) >= 11 is 1.63. The lowest BCUT2D eigenvalue weighted by Crippen LogP contribution is -2.31. The van der Waals surface area contributed by atoms with E-state index in [1.54, 1.807) is 11.3 Å². The first-order valence-electron chi connectivity index (χ1n) is 11.3. The quantitative estimate of drug-likeness (QED) is 0.443. The molecule has 0 saturated carbocycles. The Kier molecular flexibility index (Phi) is 7.52.